The van der Waals surface area contributed by atoms with E-state index < -0.39 is 11.4 Å². The summed E-state index contributed by atoms with van der Waals surface area (Å²) in [5.74, 6) is -0.584. The van der Waals surface area contributed by atoms with Crippen molar-refractivity contribution in [3.63, 3.8) is 0 Å². The summed E-state index contributed by atoms with van der Waals surface area (Å²) >= 11 is 0. The van der Waals surface area contributed by atoms with Crippen LogP contribution in [0.3, 0.4) is 0 Å². The molecule has 0 unspecified atom stereocenters. The summed E-state index contributed by atoms with van der Waals surface area (Å²) in [7, 11) is 0. The monoisotopic (exact) mass is 238 g/mol. The van der Waals surface area contributed by atoms with Gasteiger partial charge in [-0.15, -0.1) is 0 Å². The lowest BCUT2D eigenvalue weighted by atomic mass is 9.83. The van der Waals surface area contributed by atoms with Crippen molar-refractivity contribution in [3.8, 4) is 5.75 Å². The highest BCUT2D eigenvalue weighted by Crippen LogP contribution is 2.34. The molecule has 1 aliphatic rings. The SMILES string of the molecule is CC(C)(Cc1c(F)ccc2c1CCO2)C(=O)O. The lowest BCUT2D eigenvalue weighted by molar-refractivity contribution is -0.146. The molecule has 1 heterocycles. The number of rotatable bonds is 3. The van der Waals surface area contributed by atoms with Crippen molar-refractivity contribution in [1.29, 1.82) is 0 Å². The molecule has 0 bridgehead atoms. The lowest BCUT2D eigenvalue weighted by Crippen LogP contribution is -2.27. The molecule has 1 aromatic rings. The van der Waals surface area contributed by atoms with Crippen LogP contribution in [0.2, 0.25) is 0 Å². The molecule has 3 nitrogen and oxygen atoms in total. The van der Waals surface area contributed by atoms with Crippen LogP contribution in [0.1, 0.15) is 25.0 Å². The van der Waals surface area contributed by atoms with Gasteiger partial charge in [0.25, 0.3) is 0 Å². The van der Waals surface area contributed by atoms with Gasteiger partial charge in [0.05, 0.1) is 12.0 Å². The fourth-order valence-electron chi connectivity index (χ4n) is 2.02. The highest BCUT2D eigenvalue weighted by Gasteiger charge is 2.31. The number of carboxylic acid groups (broad SMARTS) is 1. The van der Waals surface area contributed by atoms with Crippen LogP contribution in [0.15, 0.2) is 12.1 Å². The first-order valence-electron chi connectivity index (χ1n) is 5.58. The maximum atomic E-state index is 13.8. The Morgan fingerprint density at radius 3 is 2.88 bits per heavy atom. The van der Waals surface area contributed by atoms with Crippen LogP contribution in [-0.2, 0) is 17.6 Å². The van der Waals surface area contributed by atoms with Crippen molar-refractivity contribution < 1.29 is 19.0 Å². The van der Waals surface area contributed by atoms with Crippen LogP contribution in [0.5, 0.6) is 5.75 Å². The first-order chi connectivity index (χ1) is 7.92. The van der Waals surface area contributed by atoms with E-state index in [-0.39, 0.29) is 12.2 Å². The van der Waals surface area contributed by atoms with E-state index in [9.17, 15) is 9.18 Å². The number of aliphatic carboxylic acids is 1. The first-order valence-corrected chi connectivity index (χ1v) is 5.58. The quantitative estimate of drug-likeness (QED) is 0.879. The van der Waals surface area contributed by atoms with Gasteiger partial charge in [-0.1, -0.05) is 0 Å². The number of halogens is 1. The second-order valence-corrected chi connectivity index (χ2v) is 4.97. The predicted molar refractivity (Wildman–Crippen MR) is 60.7 cm³/mol. The van der Waals surface area contributed by atoms with E-state index in [1.165, 1.54) is 6.07 Å². The van der Waals surface area contributed by atoms with Gasteiger partial charge >= 0.3 is 5.97 Å². The zero-order valence-corrected chi connectivity index (χ0v) is 9.92. The first kappa shape index (κ1) is 11.9. The van der Waals surface area contributed by atoms with Crippen LogP contribution >= 0.6 is 0 Å². The summed E-state index contributed by atoms with van der Waals surface area (Å²) in [5.41, 5.74) is 0.324. The molecule has 1 aliphatic heterocycles. The Kier molecular flexibility index (Phi) is 2.81. The number of benzene rings is 1. The van der Waals surface area contributed by atoms with Crippen LogP contribution in [0, 0.1) is 11.2 Å². The number of fused-ring (bicyclic) bond motifs is 1. The molecule has 0 amide bonds. The fourth-order valence-corrected chi connectivity index (χ4v) is 2.02. The summed E-state index contributed by atoms with van der Waals surface area (Å²) in [6.45, 7) is 3.74. The van der Waals surface area contributed by atoms with Crippen LogP contribution in [0.25, 0.3) is 0 Å². The van der Waals surface area contributed by atoms with Gasteiger partial charge in [-0.3, -0.25) is 4.79 Å². The molecule has 0 aliphatic carbocycles. The van der Waals surface area contributed by atoms with Gasteiger partial charge in [-0.05, 0) is 38.0 Å². The van der Waals surface area contributed by atoms with E-state index in [2.05, 4.69) is 0 Å². The molecule has 0 spiro atoms. The van der Waals surface area contributed by atoms with Gasteiger partial charge < -0.3 is 9.84 Å². The maximum absolute atomic E-state index is 13.8. The minimum atomic E-state index is -0.974. The zero-order chi connectivity index (χ0) is 12.6. The molecule has 2 rings (SSSR count). The fraction of sp³-hybridized carbons (Fsp3) is 0.462. The van der Waals surface area contributed by atoms with E-state index in [1.807, 2.05) is 0 Å². The molecule has 1 aromatic carbocycles. The summed E-state index contributed by atoms with van der Waals surface area (Å²) in [6.07, 6.45) is 0.832. The topological polar surface area (TPSA) is 46.5 Å². The average Bonchev–Trinajstić information content (AvgIpc) is 2.70. The second kappa shape index (κ2) is 4.02. The third kappa shape index (κ3) is 2.12. The van der Waals surface area contributed by atoms with E-state index in [0.717, 1.165) is 5.56 Å². The number of ether oxygens (including phenoxy) is 1. The third-order valence-electron chi connectivity index (χ3n) is 3.14. The molecule has 0 saturated carbocycles. The number of hydrogen-bond acceptors (Lipinski definition) is 2. The Bertz CT molecular complexity index is 466. The molecule has 0 radical (unpaired) electrons. The van der Waals surface area contributed by atoms with Crippen LogP contribution < -0.4 is 4.74 Å². The normalized spacial score (nSPS) is 14.3. The van der Waals surface area contributed by atoms with Gasteiger partial charge in [0.2, 0.25) is 0 Å². The van der Waals surface area contributed by atoms with Crippen molar-refractivity contribution in [1.82, 2.24) is 0 Å². The zero-order valence-electron chi connectivity index (χ0n) is 9.92. The Labute approximate surface area is 99.2 Å². The molecule has 1 N–H and O–H groups in total. The second-order valence-electron chi connectivity index (χ2n) is 4.97. The Hall–Kier alpha value is -1.58. The van der Waals surface area contributed by atoms with E-state index in [0.29, 0.717) is 24.3 Å². The number of hydrogen-bond donors (Lipinski definition) is 1. The van der Waals surface area contributed by atoms with Crippen molar-refractivity contribution in [3.05, 3.63) is 29.1 Å². The molecule has 92 valence electrons. The van der Waals surface area contributed by atoms with Crippen molar-refractivity contribution >= 4 is 5.97 Å². The van der Waals surface area contributed by atoms with E-state index in [1.54, 1.807) is 19.9 Å². The summed E-state index contributed by atoms with van der Waals surface area (Å²) < 4.78 is 19.1. The van der Waals surface area contributed by atoms with Crippen LogP contribution in [-0.4, -0.2) is 17.7 Å². The molecule has 0 atom stereocenters. The van der Waals surface area contributed by atoms with Gasteiger partial charge in [-0.2, -0.15) is 0 Å². The maximum Gasteiger partial charge on any atom is 0.309 e. The summed E-state index contributed by atoms with van der Waals surface area (Å²) in [4.78, 5) is 11.1. The minimum absolute atomic E-state index is 0.181. The molecular formula is C13H15FO3. The molecule has 0 fully saturated rings. The van der Waals surface area contributed by atoms with Gasteiger partial charge in [0, 0.05) is 12.0 Å². The van der Waals surface area contributed by atoms with Gasteiger partial charge in [0.1, 0.15) is 11.6 Å². The van der Waals surface area contributed by atoms with Gasteiger partial charge in [0.15, 0.2) is 0 Å². The van der Waals surface area contributed by atoms with Crippen molar-refractivity contribution in [2.75, 3.05) is 6.61 Å². The third-order valence-corrected chi connectivity index (χ3v) is 3.14. The predicted octanol–water partition coefficient (Wildman–Crippen LogP) is 2.41. The summed E-state index contributed by atoms with van der Waals surface area (Å²) in [6, 6.07) is 2.95. The largest absolute Gasteiger partial charge is 0.493 e. The van der Waals surface area contributed by atoms with E-state index in [4.69, 9.17) is 9.84 Å². The summed E-state index contributed by atoms with van der Waals surface area (Å²) in [5, 5.41) is 9.09. The Balaban J connectivity index is 2.39. The van der Waals surface area contributed by atoms with Crippen molar-refractivity contribution in [2.45, 2.75) is 26.7 Å². The molecule has 0 aromatic heterocycles. The highest BCUT2D eigenvalue weighted by molar-refractivity contribution is 5.74. The Morgan fingerprint density at radius 1 is 1.53 bits per heavy atom. The number of carbonyl (C=O) groups is 1. The van der Waals surface area contributed by atoms with Gasteiger partial charge in [-0.25, -0.2) is 4.39 Å². The van der Waals surface area contributed by atoms with Crippen LogP contribution in [0.4, 0.5) is 4.39 Å². The molecule has 17 heavy (non-hydrogen) atoms. The number of carboxylic acids is 1. The highest BCUT2D eigenvalue weighted by atomic mass is 19.1. The van der Waals surface area contributed by atoms with E-state index >= 15 is 0 Å². The average molecular weight is 238 g/mol. The molecule has 4 heteroatoms. The Morgan fingerprint density at radius 2 is 2.24 bits per heavy atom. The van der Waals surface area contributed by atoms with Crippen molar-refractivity contribution in [2.24, 2.45) is 5.41 Å². The lowest BCUT2D eigenvalue weighted by Gasteiger charge is -2.20. The smallest absolute Gasteiger partial charge is 0.309 e. The molecular weight excluding hydrogens is 223 g/mol. The molecule has 0 saturated heterocycles. The minimum Gasteiger partial charge on any atom is -0.493 e. The standard InChI is InChI=1S/C13H15FO3/c1-13(2,12(15)16)7-9-8-5-6-17-11(8)4-3-10(9)14/h3-4H,5-7H2,1-2H3,(H,15,16).